The summed E-state index contributed by atoms with van der Waals surface area (Å²) in [5, 5.41) is 0.889. The number of benzene rings is 1. The maximum absolute atomic E-state index is 11.2. The Labute approximate surface area is 120 Å². The summed E-state index contributed by atoms with van der Waals surface area (Å²) in [5.41, 5.74) is 0.820. The maximum atomic E-state index is 11.2. The molecule has 0 amide bonds. The molecule has 0 radical (unpaired) electrons. The van der Waals surface area contributed by atoms with Gasteiger partial charge in [-0.2, -0.15) is 0 Å². The van der Waals surface area contributed by atoms with E-state index in [-0.39, 0.29) is 13.2 Å². The minimum absolute atomic E-state index is 0.249. The van der Waals surface area contributed by atoms with Crippen LogP contribution in [0, 0.1) is 0 Å². The minimum Gasteiger partial charge on any atom is -0.478 e. The summed E-state index contributed by atoms with van der Waals surface area (Å²) in [6, 6.07) is 5.25. The summed E-state index contributed by atoms with van der Waals surface area (Å²) >= 11 is 0. The van der Waals surface area contributed by atoms with Crippen molar-refractivity contribution in [2.45, 2.75) is 0 Å². The van der Waals surface area contributed by atoms with Crippen molar-refractivity contribution in [1.29, 1.82) is 0 Å². The number of carbonyl (C=O) groups is 2. The molecule has 112 valence electrons. The maximum Gasteiger partial charge on any atom is 0.343 e. The number of hydrogen-bond acceptors (Lipinski definition) is 6. The normalized spacial score (nSPS) is 10.2. The van der Waals surface area contributed by atoms with Gasteiger partial charge in [-0.1, -0.05) is 0 Å². The highest BCUT2D eigenvalue weighted by Gasteiger charge is 2.12. The molecular weight excluding hydrogens is 278 g/mol. The van der Waals surface area contributed by atoms with E-state index >= 15 is 0 Å². The molecule has 0 fully saturated rings. The topological polar surface area (TPSA) is 86.9 Å². The highest BCUT2D eigenvalue weighted by molar-refractivity contribution is 5.83. The summed E-state index contributed by atoms with van der Waals surface area (Å²) in [7, 11) is 2.55. The Kier molecular flexibility index (Phi) is 4.65. The summed E-state index contributed by atoms with van der Waals surface area (Å²) in [6.45, 7) is -0.502. The summed E-state index contributed by atoms with van der Waals surface area (Å²) in [5.74, 6) is -0.348. The van der Waals surface area contributed by atoms with Gasteiger partial charge >= 0.3 is 11.9 Å². The largest absolute Gasteiger partial charge is 0.478 e. The van der Waals surface area contributed by atoms with Crippen LogP contribution >= 0.6 is 0 Å². The van der Waals surface area contributed by atoms with Gasteiger partial charge in [-0.25, -0.2) is 9.59 Å². The first-order chi connectivity index (χ1) is 10.1. The van der Waals surface area contributed by atoms with Crippen LogP contribution in [0.3, 0.4) is 0 Å². The second-order valence-corrected chi connectivity index (χ2v) is 4.09. The zero-order chi connectivity index (χ0) is 15.2. The molecule has 1 aromatic carbocycles. The van der Waals surface area contributed by atoms with Crippen LogP contribution in [0.15, 0.2) is 24.4 Å². The first kappa shape index (κ1) is 14.7. The number of esters is 2. The lowest BCUT2D eigenvalue weighted by Crippen LogP contribution is -2.15. The van der Waals surface area contributed by atoms with Crippen LogP contribution in [0.5, 0.6) is 11.5 Å². The van der Waals surface area contributed by atoms with E-state index in [4.69, 9.17) is 9.47 Å². The number of hydrogen-bond donors (Lipinski definition) is 1. The number of aromatic amines is 1. The molecule has 1 N–H and O–H groups in total. The van der Waals surface area contributed by atoms with E-state index in [1.807, 2.05) is 6.07 Å². The molecule has 0 bridgehead atoms. The smallest absolute Gasteiger partial charge is 0.343 e. The molecule has 7 heteroatoms. The molecule has 0 aliphatic carbocycles. The Balaban J connectivity index is 2.21. The predicted molar refractivity (Wildman–Crippen MR) is 73.3 cm³/mol. The quantitative estimate of drug-likeness (QED) is 0.807. The highest BCUT2D eigenvalue weighted by Crippen LogP contribution is 2.32. The molecule has 0 saturated heterocycles. The van der Waals surface area contributed by atoms with E-state index in [0.29, 0.717) is 11.5 Å². The molecule has 2 aromatic rings. The predicted octanol–water partition coefficient (Wildman–Crippen LogP) is 1.27. The summed E-state index contributed by atoms with van der Waals surface area (Å²) in [6.07, 6.45) is 1.76. The molecule has 0 aliphatic heterocycles. The average molecular weight is 293 g/mol. The van der Waals surface area contributed by atoms with Crippen molar-refractivity contribution in [3.63, 3.8) is 0 Å². The third kappa shape index (κ3) is 3.65. The van der Waals surface area contributed by atoms with Gasteiger partial charge in [0.05, 0.1) is 14.2 Å². The van der Waals surface area contributed by atoms with Crippen molar-refractivity contribution >= 4 is 22.8 Å². The number of fused-ring (bicyclic) bond motifs is 1. The van der Waals surface area contributed by atoms with Crippen LogP contribution in [0.4, 0.5) is 0 Å². The molecule has 0 aliphatic rings. The van der Waals surface area contributed by atoms with Crippen molar-refractivity contribution in [3.05, 3.63) is 24.4 Å². The Morgan fingerprint density at radius 1 is 1.00 bits per heavy atom. The fraction of sp³-hybridized carbons (Fsp3) is 0.286. The van der Waals surface area contributed by atoms with Gasteiger partial charge in [-0.3, -0.25) is 0 Å². The third-order valence-electron chi connectivity index (χ3n) is 2.76. The number of aromatic nitrogens is 1. The van der Waals surface area contributed by atoms with Crippen molar-refractivity contribution in [2.75, 3.05) is 27.4 Å². The zero-order valence-corrected chi connectivity index (χ0v) is 11.7. The number of rotatable bonds is 6. The zero-order valence-electron chi connectivity index (χ0n) is 11.7. The van der Waals surface area contributed by atoms with Crippen LogP contribution < -0.4 is 9.47 Å². The van der Waals surface area contributed by atoms with E-state index in [1.165, 1.54) is 14.2 Å². The van der Waals surface area contributed by atoms with Crippen LogP contribution in [-0.4, -0.2) is 44.4 Å². The number of ether oxygens (including phenoxy) is 4. The van der Waals surface area contributed by atoms with Gasteiger partial charge in [0.1, 0.15) is 0 Å². The van der Waals surface area contributed by atoms with Crippen LogP contribution in [0.1, 0.15) is 0 Å². The first-order valence-corrected chi connectivity index (χ1v) is 6.14. The van der Waals surface area contributed by atoms with Gasteiger partial charge in [0.2, 0.25) is 0 Å². The Morgan fingerprint density at radius 3 is 2.14 bits per heavy atom. The molecule has 21 heavy (non-hydrogen) atoms. The summed E-state index contributed by atoms with van der Waals surface area (Å²) in [4.78, 5) is 25.3. The van der Waals surface area contributed by atoms with E-state index in [0.717, 1.165) is 10.9 Å². The van der Waals surface area contributed by atoms with Crippen LogP contribution in [0.2, 0.25) is 0 Å². The Morgan fingerprint density at radius 2 is 1.57 bits per heavy atom. The van der Waals surface area contributed by atoms with Gasteiger partial charge in [-0.15, -0.1) is 0 Å². The fourth-order valence-corrected chi connectivity index (χ4v) is 1.68. The number of H-pyrrole nitrogens is 1. The second kappa shape index (κ2) is 6.65. The number of methoxy groups -OCH3 is 2. The molecular formula is C14H15NO6. The molecule has 0 unspecified atom stereocenters. The van der Waals surface area contributed by atoms with Crippen molar-refractivity contribution in [1.82, 2.24) is 4.98 Å². The van der Waals surface area contributed by atoms with Gasteiger partial charge in [0, 0.05) is 23.2 Å². The molecule has 1 aromatic heterocycles. The Bertz CT molecular complexity index is 594. The molecule has 7 nitrogen and oxygen atoms in total. The lowest BCUT2D eigenvalue weighted by Gasteiger charge is -2.12. The van der Waals surface area contributed by atoms with Crippen molar-refractivity contribution in [2.24, 2.45) is 0 Å². The molecule has 0 saturated carbocycles. The standard InChI is InChI=1S/C14H15NO6/c1-18-13(16)7-20-11-5-9-3-4-15-10(9)6-12(11)21-8-14(17)19-2/h3-6,15H,7-8H2,1-2H3. The SMILES string of the molecule is COC(=O)COc1cc2cc[nH]c2cc1OCC(=O)OC. The lowest BCUT2D eigenvalue weighted by atomic mass is 10.2. The van der Waals surface area contributed by atoms with E-state index in [1.54, 1.807) is 18.3 Å². The van der Waals surface area contributed by atoms with E-state index < -0.39 is 11.9 Å². The monoisotopic (exact) mass is 293 g/mol. The molecule has 1 heterocycles. The van der Waals surface area contributed by atoms with Gasteiger partial charge in [-0.05, 0) is 12.1 Å². The third-order valence-corrected chi connectivity index (χ3v) is 2.76. The van der Waals surface area contributed by atoms with Crippen molar-refractivity contribution in [3.8, 4) is 11.5 Å². The minimum atomic E-state index is -0.513. The van der Waals surface area contributed by atoms with Crippen molar-refractivity contribution < 1.29 is 28.5 Å². The molecule has 0 spiro atoms. The highest BCUT2D eigenvalue weighted by atomic mass is 16.6. The fourth-order valence-electron chi connectivity index (χ4n) is 1.68. The summed E-state index contributed by atoms with van der Waals surface area (Å²) < 4.78 is 19.8. The molecule has 2 rings (SSSR count). The van der Waals surface area contributed by atoms with Gasteiger partial charge in [0.25, 0.3) is 0 Å². The van der Waals surface area contributed by atoms with Gasteiger partial charge in [0.15, 0.2) is 24.7 Å². The average Bonchev–Trinajstić information content (AvgIpc) is 2.96. The number of carbonyl (C=O) groups excluding carboxylic acids is 2. The first-order valence-electron chi connectivity index (χ1n) is 6.14. The van der Waals surface area contributed by atoms with Gasteiger partial charge < -0.3 is 23.9 Å². The molecule has 0 atom stereocenters. The number of nitrogens with one attached hydrogen (secondary N) is 1. The van der Waals surface area contributed by atoms with E-state index in [2.05, 4.69) is 14.5 Å². The lowest BCUT2D eigenvalue weighted by molar-refractivity contribution is -0.144. The van der Waals surface area contributed by atoms with Crippen LogP contribution in [0.25, 0.3) is 10.9 Å². The second-order valence-electron chi connectivity index (χ2n) is 4.09. The van der Waals surface area contributed by atoms with Crippen LogP contribution in [-0.2, 0) is 19.1 Å². The Hall–Kier alpha value is -2.70. The van der Waals surface area contributed by atoms with E-state index in [9.17, 15) is 9.59 Å².